The van der Waals surface area contributed by atoms with Crippen LogP contribution in [0.25, 0.3) is 11.0 Å². The first kappa shape index (κ1) is 22.7. The van der Waals surface area contributed by atoms with Gasteiger partial charge in [0.25, 0.3) is 0 Å². The second-order valence-electron chi connectivity index (χ2n) is 6.19. The minimum Gasteiger partial charge on any atom is -0.346 e. The second-order valence-corrected chi connectivity index (χ2v) is 6.19. The third kappa shape index (κ3) is 5.96. The third-order valence-electron chi connectivity index (χ3n) is 4.17. The number of fused-ring (bicyclic) bond motifs is 1. The highest BCUT2D eigenvalue weighted by Crippen LogP contribution is 2.12. The predicted molar refractivity (Wildman–Crippen MR) is 104 cm³/mol. The van der Waals surface area contributed by atoms with E-state index in [4.69, 9.17) is 5.73 Å². The quantitative estimate of drug-likeness (QED) is 0.809. The second kappa shape index (κ2) is 10.5. The number of carbonyl (C=O) groups is 1. The summed E-state index contributed by atoms with van der Waals surface area (Å²) in [5.74, 6) is 0.592. The van der Waals surface area contributed by atoms with Crippen LogP contribution in [0.15, 0.2) is 30.6 Å². The van der Waals surface area contributed by atoms with E-state index in [9.17, 15) is 4.79 Å². The number of hydrogen-bond acceptors (Lipinski definition) is 3. The Kier molecular flexibility index (Phi) is 9.97. The highest BCUT2D eigenvalue weighted by molar-refractivity contribution is 5.85. The smallest absolute Gasteiger partial charge is 0.224 e. The van der Waals surface area contributed by atoms with Crippen molar-refractivity contribution in [1.29, 1.82) is 0 Å². The van der Waals surface area contributed by atoms with Gasteiger partial charge in [0.15, 0.2) is 0 Å². The Balaban J connectivity index is 0.00000264. The van der Waals surface area contributed by atoms with Gasteiger partial charge in [0.2, 0.25) is 5.91 Å². The number of nitrogens with two attached hydrogens (primary N) is 1. The van der Waals surface area contributed by atoms with Gasteiger partial charge in [0.05, 0.1) is 17.4 Å². The van der Waals surface area contributed by atoms with E-state index in [1.54, 1.807) is 11.2 Å². The minimum absolute atomic E-state index is 0. The van der Waals surface area contributed by atoms with Crippen molar-refractivity contribution in [3.63, 3.8) is 0 Å². The maximum atomic E-state index is 12.2. The number of aryl methyl sites for hydroxylation is 1. The van der Waals surface area contributed by atoms with Crippen molar-refractivity contribution < 1.29 is 4.79 Å². The van der Waals surface area contributed by atoms with E-state index in [0.29, 0.717) is 25.4 Å². The molecule has 1 heterocycles. The maximum absolute atomic E-state index is 12.2. The molecule has 0 spiro atoms. The monoisotopic (exact) mass is 374 g/mol. The maximum Gasteiger partial charge on any atom is 0.224 e. The van der Waals surface area contributed by atoms with Gasteiger partial charge in [-0.05, 0) is 24.5 Å². The van der Waals surface area contributed by atoms with Gasteiger partial charge in [-0.25, -0.2) is 4.98 Å². The highest BCUT2D eigenvalue weighted by Gasteiger charge is 2.13. The van der Waals surface area contributed by atoms with E-state index in [0.717, 1.165) is 17.5 Å². The fourth-order valence-corrected chi connectivity index (χ4v) is 2.40. The Morgan fingerprint density at radius 1 is 1.29 bits per heavy atom. The molecule has 2 aromatic rings. The van der Waals surface area contributed by atoms with Crippen LogP contribution >= 0.6 is 24.8 Å². The van der Waals surface area contributed by atoms with Crippen molar-refractivity contribution in [3.05, 3.63) is 30.6 Å². The average Bonchev–Trinajstić information content (AvgIpc) is 2.92. The lowest BCUT2D eigenvalue weighted by molar-refractivity contribution is -0.130. The summed E-state index contributed by atoms with van der Waals surface area (Å²) >= 11 is 0. The number of carbonyl (C=O) groups excluding carboxylic acids is 1. The molecule has 1 amide bonds. The van der Waals surface area contributed by atoms with Gasteiger partial charge in [0.1, 0.15) is 0 Å². The normalized spacial score (nSPS) is 11.7. The summed E-state index contributed by atoms with van der Waals surface area (Å²) < 4.78 is 2.03. The summed E-state index contributed by atoms with van der Waals surface area (Å²) in [6.07, 6.45) is 3.12. The number of benzene rings is 1. The summed E-state index contributed by atoms with van der Waals surface area (Å²) in [4.78, 5) is 18.3. The molecule has 1 aromatic heterocycles. The number of halogens is 2. The molecular formula is C17H28Cl2N4O. The average molecular weight is 375 g/mol. The van der Waals surface area contributed by atoms with E-state index < -0.39 is 0 Å². The van der Waals surface area contributed by atoms with Gasteiger partial charge in [0, 0.05) is 32.6 Å². The molecule has 24 heavy (non-hydrogen) atoms. The zero-order valence-corrected chi connectivity index (χ0v) is 16.1. The number of nitrogens with zero attached hydrogens (tertiary/aromatic N) is 3. The molecule has 5 nitrogen and oxygen atoms in total. The summed E-state index contributed by atoms with van der Waals surface area (Å²) in [6.45, 7) is 5.58. The molecule has 2 N–H and O–H groups in total. The van der Waals surface area contributed by atoms with Gasteiger partial charge in [-0.15, -0.1) is 24.8 Å². The molecule has 0 bridgehead atoms. The SMILES string of the molecule is CC(C)C(N)CCN(C)C(=O)CCn1cnc2ccccc21.Cl.Cl. The van der Waals surface area contributed by atoms with Crippen LogP contribution in [-0.2, 0) is 11.3 Å². The zero-order valence-electron chi connectivity index (χ0n) is 14.5. The Labute approximate surface area is 156 Å². The fourth-order valence-electron chi connectivity index (χ4n) is 2.40. The van der Waals surface area contributed by atoms with E-state index in [1.807, 2.05) is 35.9 Å². The minimum atomic E-state index is 0. The lowest BCUT2D eigenvalue weighted by Gasteiger charge is -2.21. The van der Waals surface area contributed by atoms with E-state index >= 15 is 0 Å². The van der Waals surface area contributed by atoms with Crippen molar-refractivity contribution in [2.24, 2.45) is 11.7 Å². The Bertz CT molecular complexity index is 630. The third-order valence-corrected chi connectivity index (χ3v) is 4.17. The van der Waals surface area contributed by atoms with E-state index in [-0.39, 0.29) is 36.8 Å². The number of amides is 1. The van der Waals surface area contributed by atoms with Crippen molar-refractivity contribution in [1.82, 2.24) is 14.5 Å². The van der Waals surface area contributed by atoms with E-state index in [1.165, 1.54) is 0 Å². The van der Waals surface area contributed by atoms with Gasteiger partial charge in [-0.3, -0.25) is 4.79 Å². The summed E-state index contributed by atoms with van der Waals surface area (Å²) in [7, 11) is 1.85. The van der Waals surface area contributed by atoms with Crippen molar-refractivity contribution >= 4 is 41.8 Å². The van der Waals surface area contributed by atoms with Gasteiger partial charge in [-0.2, -0.15) is 0 Å². The van der Waals surface area contributed by atoms with Crippen molar-refractivity contribution in [3.8, 4) is 0 Å². The van der Waals surface area contributed by atoms with Crippen LogP contribution in [-0.4, -0.2) is 40.0 Å². The molecule has 1 unspecified atom stereocenters. The lowest BCUT2D eigenvalue weighted by Crippen LogP contribution is -2.34. The number of para-hydroxylation sites is 2. The number of hydrogen-bond donors (Lipinski definition) is 1. The largest absolute Gasteiger partial charge is 0.346 e. The van der Waals surface area contributed by atoms with Gasteiger partial charge >= 0.3 is 0 Å². The first-order valence-corrected chi connectivity index (χ1v) is 7.88. The topological polar surface area (TPSA) is 64.2 Å². The van der Waals surface area contributed by atoms with Crippen LogP contribution in [0.3, 0.4) is 0 Å². The summed E-state index contributed by atoms with van der Waals surface area (Å²) in [5, 5.41) is 0. The van der Waals surface area contributed by atoms with Crippen LogP contribution in [0.4, 0.5) is 0 Å². The molecule has 0 aliphatic rings. The van der Waals surface area contributed by atoms with E-state index in [2.05, 4.69) is 18.8 Å². The Morgan fingerprint density at radius 2 is 1.96 bits per heavy atom. The Hall–Kier alpha value is -1.30. The lowest BCUT2D eigenvalue weighted by atomic mass is 10.0. The van der Waals surface area contributed by atoms with Gasteiger partial charge < -0.3 is 15.2 Å². The molecule has 0 radical (unpaired) electrons. The molecule has 136 valence electrons. The summed E-state index contributed by atoms with van der Waals surface area (Å²) in [6, 6.07) is 8.11. The summed E-state index contributed by atoms with van der Waals surface area (Å²) in [5.41, 5.74) is 8.06. The van der Waals surface area contributed by atoms with Crippen LogP contribution in [0.1, 0.15) is 26.7 Å². The highest BCUT2D eigenvalue weighted by atomic mass is 35.5. The number of rotatable bonds is 7. The first-order chi connectivity index (χ1) is 10.5. The van der Waals surface area contributed by atoms with Crippen LogP contribution in [0, 0.1) is 5.92 Å². The molecule has 0 saturated heterocycles. The predicted octanol–water partition coefficient (Wildman–Crippen LogP) is 3.10. The molecule has 2 rings (SSSR count). The molecule has 0 aliphatic heterocycles. The molecule has 1 atom stereocenters. The van der Waals surface area contributed by atoms with Crippen molar-refractivity contribution in [2.75, 3.05) is 13.6 Å². The molecule has 0 fully saturated rings. The van der Waals surface area contributed by atoms with Crippen LogP contribution < -0.4 is 5.73 Å². The molecule has 0 aliphatic carbocycles. The standard InChI is InChI=1S/C17H26N4O.2ClH/c1-13(2)14(18)8-10-20(3)17(22)9-11-21-12-19-15-6-4-5-7-16(15)21;;/h4-7,12-14H,8-11,18H2,1-3H3;2*1H. The van der Waals surface area contributed by atoms with Crippen LogP contribution in [0.2, 0.25) is 0 Å². The first-order valence-electron chi connectivity index (χ1n) is 7.88. The zero-order chi connectivity index (χ0) is 16.1. The van der Waals surface area contributed by atoms with Crippen molar-refractivity contribution in [2.45, 2.75) is 39.3 Å². The number of aromatic nitrogens is 2. The molecule has 7 heteroatoms. The molecule has 1 aromatic carbocycles. The fraction of sp³-hybridized carbons (Fsp3) is 0.529. The molecule has 0 saturated carbocycles. The van der Waals surface area contributed by atoms with Crippen LogP contribution in [0.5, 0.6) is 0 Å². The molecular weight excluding hydrogens is 347 g/mol. The van der Waals surface area contributed by atoms with Gasteiger partial charge in [-0.1, -0.05) is 26.0 Å². The Morgan fingerprint density at radius 3 is 2.62 bits per heavy atom. The number of imidazole rings is 1.